The lowest BCUT2D eigenvalue weighted by atomic mass is 9.34. The van der Waals surface area contributed by atoms with Crippen molar-refractivity contribution >= 4 is 28.6 Å². The molecule has 0 aliphatic heterocycles. The Hall–Kier alpha value is -2.19. The van der Waals surface area contributed by atoms with Gasteiger partial charge in [-0.05, 0) is 140 Å². The normalized spacial score (nSPS) is 40.5. The van der Waals surface area contributed by atoms with Crippen molar-refractivity contribution in [1.29, 1.82) is 0 Å². The second-order valence-electron chi connectivity index (χ2n) is 16.4. The fraction of sp³-hybridized carbons (Fsp3) is 0.737. The smallest absolute Gasteiger partial charge is 0.335 e. The van der Waals surface area contributed by atoms with E-state index in [9.17, 15) is 18.9 Å². The average Bonchev–Trinajstić information content (AvgIpc) is 3.43. The highest BCUT2D eigenvalue weighted by atomic mass is 32.2. The van der Waals surface area contributed by atoms with Crippen LogP contribution in [0.4, 0.5) is 4.79 Å². The van der Waals surface area contributed by atoms with E-state index in [1.54, 1.807) is 18.4 Å². The van der Waals surface area contributed by atoms with E-state index in [0.29, 0.717) is 48.2 Å². The van der Waals surface area contributed by atoms with E-state index in [2.05, 4.69) is 44.4 Å². The predicted molar refractivity (Wildman–Crippen MR) is 186 cm³/mol. The zero-order chi connectivity index (χ0) is 33.1. The van der Waals surface area contributed by atoms with E-state index in [0.717, 1.165) is 25.7 Å². The van der Waals surface area contributed by atoms with Crippen LogP contribution in [-0.2, 0) is 11.0 Å². The lowest BCUT2D eigenvalue weighted by molar-refractivity contribution is -0.210. The van der Waals surface area contributed by atoms with E-state index in [1.165, 1.54) is 56.1 Å². The van der Waals surface area contributed by atoms with Gasteiger partial charge in [-0.15, -0.1) is 0 Å². The molecule has 0 bridgehead atoms. The molecule has 10 atom stereocenters. The minimum Gasteiger partial charge on any atom is -0.478 e. The Bertz CT molecular complexity index is 1400. The van der Waals surface area contributed by atoms with Crippen molar-refractivity contribution in [3.8, 4) is 0 Å². The predicted octanol–water partition coefficient (Wildman–Crippen LogP) is 7.51. The van der Waals surface area contributed by atoms with Crippen molar-refractivity contribution in [1.82, 2.24) is 14.9 Å². The van der Waals surface area contributed by atoms with Crippen molar-refractivity contribution in [2.45, 2.75) is 104 Å². The number of allylic oxidation sites excluding steroid dienone is 2. The molecule has 3 N–H and O–H groups in total. The van der Waals surface area contributed by atoms with Crippen molar-refractivity contribution in [3.63, 3.8) is 0 Å². The highest BCUT2D eigenvalue weighted by Crippen LogP contribution is 2.75. The third kappa shape index (κ3) is 5.38. The molecule has 5 aliphatic rings. The lowest BCUT2D eigenvalue weighted by Gasteiger charge is -2.71. The molecule has 4 fully saturated rings. The summed E-state index contributed by atoms with van der Waals surface area (Å²) in [7, 11) is 0.871. The second-order valence-corrected chi connectivity index (χ2v) is 17.9. The topological polar surface area (TPSA) is 98.7 Å². The summed E-state index contributed by atoms with van der Waals surface area (Å²) in [6.07, 6.45) is 16.9. The van der Waals surface area contributed by atoms with Crippen molar-refractivity contribution in [2.24, 2.45) is 45.8 Å². The molecule has 0 heterocycles. The Morgan fingerprint density at radius 2 is 1.70 bits per heavy atom. The molecule has 1 aromatic carbocycles. The molecule has 0 aromatic heterocycles. The van der Waals surface area contributed by atoms with Crippen LogP contribution in [0.1, 0.15) is 114 Å². The summed E-state index contributed by atoms with van der Waals surface area (Å²) in [6, 6.07) is 7.49. The average molecular weight is 652 g/mol. The molecule has 254 valence electrons. The van der Waals surface area contributed by atoms with Gasteiger partial charge in [-0.1, -0.05) is 52.3 Å². The third-order valence-electron chi connectivity index (χ3n) is 14.8. The van der Waals surface area contributed by atoms with E-state index >= 15 is 0 Å². The van der Waals surface area contributed by atoms with Crippen LogP contribution in [0.2, 0.25) is 0 Å². The number of nitrogens with one attached hydrogen (secondary N) is 2. The first-order valence-corrected chi connectivity index (χ1v) is 19.4. The number of nitrogens with zero attached hydrogens (tertiary/aromatic N) is 1. The first-order valence-electron chi connectivity index (χ1n) is 17.9. The number of urea groups is 1. The van der Waals surface area contributed by atoms with Crippen LogP contribution in [0.15, 0.2) is 30.3 Å². The summed E-state index contributed by atoms with van der Waals surface area (Å²) in [5, 5.41) is 16.1. The van der Waals surface area contributed by atoms with Gasteiger partial charge in [-0.2, -0.15) is 0 Å². The molecule has 2 amide bonds. The number of carboxylic acids is 1. The summed E-state index contributed by atoms with van der Waals surface area (Å²) in [5.41, 5.74) is 3.63. The maximum absolute atomic E-state index is 13.2. The van der Waals surface area contributed by atoms with Crippen molar-refractivity contribution < 1.29 is 18.9 Å². The van der Waals surface area contributed by atoms with Crippen LogP contribution in [0, 0.1) is 45.8 Å². The van der Waals surface area contributed by atoms with Gasteiger partial charge in [0.15, 0.2) is 0 Å². The minimum absolute atomic E-state index is 0.0277. The van der Waals surface area contributed by atoms with Gasteiger partial charge in [-0.25, -0.2) is 18.1 Å². The number of carboxylic acid groups (broad SMARTS) is 1. The second kappa shape index (κ2) is 12.4. The molecule has 4 saturated carbocycles. The Balaban J connectivity index is 1.18. The number of carbonyl (C=O) groups excluding carboxylic acids is 1. The summed E-state index contributed by atoms with van der Waals surface area (Å²) in [6.45, 7) is 11.6. The number of aromatic carboxylic acids is 1. The van der Waals surface area contributed by atoms with Crippen LogP contribution < -0.4 is 10.6 Å². The number of benzene rings is 1. The van der Waals surface area contributed by atoms with E-state index in [4.69, 9.17) is 0 Å². The van der Waals surface area contributed by atoms with Gasteiger partial charge < -0.3 is 15.7 Å². The molecule has 6 rings (SSSR count). The van der Waals surface area contributed by atoms with Gasteiger partial charge in [-0.3, -0.25) is 0 Å². The molecule has 46 heavy (non-hydrogen) atoms. The van der Waals surface area contributed by atoms with Crippen LogP contribution in [0.5, 0.6) is 0 Å². The molecule has 0 saturated heterocycles. The number of amides is 2. The SMILES string of the molecule is CC1C(c2ccc(C(=O)O)cc2)=CCC2(C)C1CCC1(C)C2CCC2C3CCCC3(NC(=O)NCCCN(C)S(C)=O)CC[C@]21C. The molecular formula is C38H57N3O4S. The first-order chi connectivity index (χ1) is 21.8. The van der Waals surface area contributed by atoms with Gasteiger partial charge >= 0.3 is 12.0 Å². The highest BCUT2D eigenvalue weighted by Gasteiger charge is 2.68. The molecular weight excluding hydrogens is 595 g/mol. The summed E-state index contributed by atoms with van der Waals surface area (Å²) < 4.78 is 13.4. The number of fused-ring (bicyclic) bond motifs is 7. The summed E-state index contributed by atoms with van der Waals surface area (Å²) >= 11 is 0. The molecule has 0 radical (unpaired) electrons. The number of hydrogen-bond acceptors (Lipinski definition) is 3. The minimum atomic E-state index is -0.982. The van der Waals surface area contributed by atoms with Crippen LogP contribution >= 0.6 is 0 Å². The van der Waals surface area contributed by atoms with E-state index < -0.39 is 17.0 Å². The Morgan fingerprint density at radius 3 is 2.39 bits per heavy atom. The zero-order valence-corrected chi connectivity index (χ0v) is 29.8. The number of hydrogen-bond donors (Lipinski definition) is 3. The Kier molecular flexibility index (Phi) is 9.06. The molecule has 8 heteroatoms. The molecule has 9 unspecified atom stereocenters. The monoisotopic (exact) mass is 651 g/mol. The van der Waals surface area contributed by atoms with E-state index in [-0.39, 0.29) is 27.8 Å². The standard InChI is InChI=1S/C38H57N3O4S/c1-25-28(26-10-12-27(13-11-26)33(42)43)16-19-35(2)29(25)17-20-37(4)32(35)15-14-30-31-9-7-18-38(31,22-21-36(30,37)3)40-34(44)39-23-8-24-41(5)46(6)45/h10-13,16,25,29-32H,7-9,14-15,17-24H2,1-6H3,(H,42,43)(H2,39,40,44)/t25?,29?,30?,31?,32?,35?,36-,37?,38?,46?/m1/s1. The maximum Gasteiger partial charge on any atom is 0.335 e. The van der Waals surface area contributed by atoms with Crippen LogP contribution in [0.25, 0.3) is 5.57 Å². The van der Waals surface area contributed by atoms with Gasteiger partial charge in [0.25, 0.3) is 0 Å². The molecule has 5 aliphatic carbocycles. The highest BCUT2D eigenvalue weighted by molar-refractivity contribution is 7.81. The lowest BCUT2D eigenvalue weighted by Crippen LogP contribution is -2.67. The number of rotatable bonds is 8. The fourth-order valence-corrected chi connectivity index (χ4v) is 12.5. The quantitative estimate of drug-likeness (QED) is 0.254. The maximum atomic E-state index is 13.2. The largest absolute Gasteiger partial charge is 0.478 e. The van der Waals surface area contributed by atoms with Gasteiger partial charge in [0, 0.05) is 24.9 Å². The summed E-state index contributed by atoms with van der Waals surface area (Å²) in [5.74, 6) is 2.06. The van der Waals surface area contributed by atoms with Crippen LogP contribution in [0.3, 0.4) is 0 Å². The number of carbonyl (C=O) groups is 2. The summed E-state index contributed by atoms with van der Waals surface area (Å²) in [4.78, 5) is 24.7. The van der Waals surface area contributed by atoms with Gasteiger partial charge in [0.1, 0.15) is 0 Å². The Morgan fingerprint density at radius 1 is 0.957 bits per heavy atom. The third-order valence-corrected chi connectivity index (χ3v) is 15.8. The molecule has 1 aromatic rings. The van der Waals surface area contributed by atoms with E-state index in [1.807, 2.05) is 23.5 Å². The zero-order valence-electron chi connectivity index (χ0n) is 29.0. The van der Waals surface area contributed by atoms with Gasteiger partial charge in [0.2, 0.25) is 0 Å². The van der Waals surface area contributed by atoms with Gasteiger partial charge in [0.05, 0.1) is 16.5 Å². The first kappa shape index (κ1) is 33.7. The van der Waals surface area contributed by atoms with Crippen molar-refractivity contribution in [2.75, 3.05) is 26.4 Å². The van der Waals surface area contributed by atoms with Crippen molar-refractivity contribution in [3.05, 3.63) is 41.5 Å². The molecule has 0 spiro atoms. The fourth-order valence-electron chi connectivity index (χ4n) is 12.1. The van der Waals surface area contributed by atoms with Crippen LogP contribution in [-0.4, -0.2) is 57.6 Å². The molecule has 7 nitrogen and oxygen atoms in total. The Labute approximate surface area is 279 Å².